The molecule has 10 rings (SSSR count). The van der Waals surface area contributed by atoms with E-state index in [1.807, 2.05) is 0 Å². The highest BCUT2D eigenvalue weighted by Crippen LogP contribution is 2.50. The zero-order valence-corrected chi connectivity index (χ0v) is 29.3. The standard InChI is InChI=1S/C51H37N/c1-51(2)47-20-12-11-19-43(47)44-28-27-39(31-48(44)51)40-25-23-35-21-22-36-24-26-41(33-50(36)52(49(35)32-40)42-17-7-4-8-18-42)46-30-38-16-10-9-15-37(38)29-45(46)34-13-5-3-6-14-34/h3-33H,1-2H3. The van der Waals surface area contributed by atoms with Gasteiger partial charge in [-0.2, -0.15) is 0 Å². The summed E-state index contributed by atoms with van der Waals surface area (Å²) in [5, 5.41) is 2.48. The highest BCUT2D eigenvalue weighted by molar-refractivity contribution is 6.00. The molecule has 8 aromatic rings. The molecule has 0 radical (unpaired) electrons. The average molecular weight is 664 g/mol. The Hall–Kier alpha value is -6.44. The molecule has 1 aliphatic carbocycles. The van der Waals surface area contributed by atoms with Gasteiger partial charge in [-0.3, -0.25) is 0 Å². The molecule has 0 atom stereocenters. The SMILES string of the molecule is CC1(C)c2ccccc2-c2ccc(-c3ccc4c(c3)N(c3ccccc3)c3cc(-c5cc6ccccc6cc5-c5ccccc5)ccc3C=C4)cc21. The van der Waals surface area contributed by atoms with Crippen molar-refractivity contribution in [1.29, 1.82) is 0 Å². The smallest absolute Gasteiger partial charge is 0.0540 e. The van der Waals surface area contributed by atoms with Gasteiger partial charge in [0.15, 0.2) is 0 Å². The van der Waals surface area contributed by atoms with E-state index in [0.29, 0.717) is 0 Å². The number of nitrogens with zero attached hydrogens (tertiary/aromatic N) is 1. The van der Waals surface area contributed by atoms with E-state index >= 15 is 0 Å². The number of benzene rings is 8. The van der Waals surface area contributed by atoms with Crippen LogP contribution in [0.25, 0.3) is 67.4 Å². The molecule has 0 unspecified atom stereocenters. The Morgan fingerprint density at radius 2 is 0.885 bits per heavy atom. The summed E-state index contributed by atoms with van der Waals surface area (Å²) in [4.78, 5) is 2.45. The molecular weight excluding hydrogens is 627 g/mol. The first-order valence-electron chi connectivity index (χ1n) is 18.2. The van der Waals surface area contributed by atoms with Crippen molar-refractivity contribution in [2.24, 2.45) is 0 Å². The van der Waals surface area contributed by atoms with E-state index in [2.05, 4.69) is 207 Å². The fraction of sp³-hybridized carbons (Fsp3) is 0.0588. The number of anilines is 3. The van der Waals surface area contributed by atoms with Crippen LogP contribution in [0.15, 0.2) is 176 Å². The second-order valence-electron chi connectivity index (χ2n) is 14.6. The number of para-hydroxylation sites is 1. The van der Waals surface area contributed by atoms with Crippen LogP contribution in [0, 0.1) is 0 Å². The highest BCUT2D eigenvalue weighted by atomic mass is 15.1. The van der Waals surface area contributed by atoms with Gasteiger partial charge in [0.2, 0.25) is 0 Å². The van der Waals surface area contributed by atoms with E-state index < -0.39 is 0 Å². The van der Waals surface area contributed by atoms with Gasteiger partial charge >= 0.3 is 0 Å². The van der Waals surface area contributed by atoms with Crippen LogP contribution in [-0.4, -0.2) is 0 Å². The molecule has 0 N–H and O–H groups in total. The molecule has 52 heavy (non-hydrogen) atoms. The van der Waals surface area contributed by atoms with Gasteiger partial charge in [0.25, 0.3) is 0 Å². The Kier molecular flexibility index (Phi) is 6.91. The third kappa shape index (κ3) is 4.85. The molecule has 8 aromatic carbocycles. The summed E-state index contributed by atoms with van der Waals surface area (Å²) < 4.78 is 0. The minimum absolute atomic E-state index is 0.0524. The molecule has 0 saturated carbocycles. The normalized spacial score (nSPS) is 13.6. The van der Waals surface area contributed by atoms with E-state index in [0.717, 1.165) is 11.4 Å². The molecule has 1 heteroatoms. The first kappa shape index (κ1) is 30.4. The van der Waals surface area contributed by atoms with Gasteiger partial charge < -0.3 is 4.90 Å². The van der Waals surface area contributed by atoms with Gasteiger partial charge in [0, 0.05) is 11.1 Å². The number of hydrogen-bond acceptors (Lipinski definition) is 1. The molecular formula is C51H37N. The zero-order valence-electron chi connectivity index (χ0n) is 29.3. The van der Waals surface area contributed by atoms with Crippen molar-refractivity contribution in [3.63, 3.8) is 0 Å². The molecule has 1 nitrogen and oxygen atoms in total. The van der Waals surface area contributed by atoms with E-state index in [-0.39, 0.29) is 5.41 Å². The zero-order chi connectivity index (χ0) is 34.8. The summed E-state index contributed by atoms with van der Waals surface area (Å²) in [6.07, 6.45) is 4.54. The van der Waals surface area contributed by atoms with Crippen molar-refractivity contribution < 1.29 is 0 Å². The van der Waals surface area contributed by atoms with Gasteiger partial charge in [-0.25, -0.2) is 0 Å². The Balaban J connectivity index is 1.15. The lowest BCUT2D eigenvalue weighted by Gasteiger charge is -2.28. The Morgan fingerprint density at radius 1 is 0.365 bits per heavy atom. The summed E-state index contributed by atoms with van der Waals surface area (Å²) in [6.45, 7) is 4.71. The molecule has 1 heterocycles. The number of fused-ring (bicyclic) bond motifs is 6. The van der Waals surface area contributed by atoms with Crippen LogP contribution in [0.3, 0.4) is 0 Å². The fourth-order valence-electron chi connectivity index (χ4n) is 8.49. The molecule has 246 valence electrons. The molecule has 0 amide bonds. The lowest BCUT2D eigenvalue weighted by atomic mass is 9.81. The second-order valence-corrected chi connectivity index (χ2v) is 14.6. The topological polar surface area (TPSA) is 3.24 Å². The van der Waals surface area contributed by atoms with Crippen LogP contribution in [-0.2, 0) is 5.41 Å². The van der Waals surface area contributed by atoms with E-state index in [1.54, 1.807) is 0 Å². The molecule has 0 spiro atoms. The average Bonchev–Trinajstić information content (AvgIpc) is 3.31. The van der Waals surface area contributed by atoms with Crippen LogP contribution in [0.5, 0.6) is 0 Å². The monoisotopic (exact) mass is 663 g/mol. The van der Waals surface area contributed by atoms with Crippen molar-refractivity contribution in [3.05, 3.63) is 198 Å². The summed E-state index contributed by atoms with van der Waals surface area (Å²) >= 11 is 0. The Morgan fingerprint density at radius 3 is 1.60 bits per heavy atom. The molecule has 1 aliphatic heterocycles. The van der Waals surface area contributed by atoms with E-state index in [1.165, 1.54) is 83.2 Å². The van der Waals surface area contributed by atoms with Crippen LogP contribution < -0.4 is 4.90 Å². The highest BCUT2D eigenvalue weighted by Gasteiger charge is 2.35. The predicted octanol–water partition coefficient (Wildman–Crippen LogP) is 14.1. The third-order valence-corrected chi connectivity index (χ3v) is 11.2. The van der Waals surface area contributed by atoms with Gasteiger partial charge in [-0.05, 0) is 120 Å². The minimum atomic E-state index is -0.0524. The predicted molar refractivity (Wildman–Crippen MR) is 221 cm³/mol. The number of rotatable bonds is 4. The lowest BCUT2D eigenvalue weighted by molar-refractivity contribution is 0.660. The van der Waals surface area contributed by atoms with E-state index in [9.17, 15) is 0 Å². The summed E-state index contributed by atoms with van der Waals surface area (Å²) in [5.41, 5.74) is 18.6. The van der Waals surface area contributed by atoms with Crippen LogP contribution in [0.2, 0.25) is 0 Å². The van der Waals surface area contributed by atoms with Gasteiger partial charge in [-0.15, -0.1) is 0 Å². The van der Waals surface area contributed by atoms with Gasteiger partial charge in [0.05, 0.1) is 11.4 Å². The fourth-order valence-corrected chi connectivity index (χ4v) is 8.49. The maximum absolute atomic E-state index is 2.45. The van der Waals surface area contributed by atoms with Crippen molar-refractivity contribution in [1.82, 2.24) is 0 Å². The lowest BCUT2D eigenvalue weighted by Crippen LogP contribution is -2.15. The first-order valence-corrected chi connectivity index (χ1v) is 18.2. The molecule has 0 saturated heterocycles. The summed E-state index contributed by atoms with van der Waals surface area (Å²) in [6, 6.07) is 64.8. The minimum Gasteiger partial charge on any atom is -0.309 e. The van der Waals surface area contributed by atoms with Crippen LogP contribution in [0.1, 0.15) is 36.1 Å². The third-order valence-electron chi connectivity index (χ3n) is 11.2. The number of hydrogen-bond donors (Lipinski definition) is 0. The van der Waals surface area contributed by atoms with E-state index in [4.69, 9.17) is 0 Å². The first-order chi connectivity index (χ1) is 25.5. The van der Waals surface area contributed by atoms with Crippen LogP contribution in [0.4, 0.5) is 17.1 Å². The second kappa shape index (κ2) is 11.8. The summed E-state index contributed by atoms with van der Waals surface area (Å²) in [5.74, 6) is 0. The molecule has 0 bridgehead atoms. The van der Waals surface area contributed by atoms with Crippen LogP contribution >= 0.6 is 0 Å². The molecule has 0 fully saturated rings. The Bertz CT molecular complexity index is 2700. The van der Waals surface area contributed by atoms with Gasteiger partial charge in [-0.1, -0.05) is 159 Å². The van der Waals surface area contributed by atoms with Crippen molar-refractivity contribution in [3.8, 4) is 44.5 Å². The maximum atomic E-state index is 2.45. The largest absolute Gasteiger partial charge is 0.309 e. The van der Waals surface area contributed by atoms with Crippen molar-refractivity contribution in [2.45, 2.75) is 19.3 Å². The quantitative estimate of drug-likeness (QED) is 0.181. The van der Waals surface area contributed by atoms with Gasteiger partial charge in [0.1, 0.15) is 0 Å². The molecule has 2 aliphatic rings. The summed E-state index contributed by atoms with van der Waals surface area (Å²) in [7, 11) is 0. The Labute approximate surface area is 305 Å². The maximum Gasteiger partial charge on any atom is 0.0540 e. The van der Waals surface area contributed by atoms with Crippen molar-refractivity contribution >= 4 is 40.0 Å². The molecule has 0 aromatic heterocycles. The van der Waals surface area contributed by atoms with Crippen molar-refractivity contribution in [2.75, 3.05) is 4.90 Å².